The first kappa shape index (κ1) is 18.7. The van der Waals surface area contributed by atoms with Crippen LogP contribution in [0.2, 0.25) is 0 Å². The molecule has 1 aromatic heterocycles. The van der Waals surface area contributed by atoms with Crippen LogP contribution in [0.15, 0.2) is 12.1 Å². The van der Waals surface area contributed by atoms with Crippen LogP contribution in [0.1, 0.15) is 49.4 Å². The van der Waals surface area contributed by atoms with Crippen molar-refractivity contribution in [1.82, 2.24) is 14.8 Å². The number of pyridine rings is 1. The molecular weight excluding hydrogens is 320 g/mol. The monoisotopic (exact) mass is 344 g/mol. The summed E-state index contributed by atoms with van der Waals surface area (Å²) in [5.41, 5.74) is 0.763. The maximum Gasteiger partial charge on any atom is 0.410 e. The molecule has 0 radical (unpaired) electrons. The fourth-order valence-corrected chi connectivity index (χ4v) is 2.70. The van der Waals surface area contributed by atoms with E-state index in [0.29, 0.717) is 36.6 Å². The Morgan fingerprint density at radius 2 is 2.00 bits per heavy atom. The van der Waals surface area contributed by atoms with Crippen molar-refractivity contribution in [1.29, 1.82) is 5.26 Å². The van der Waals surface area contributed by atoms with E-state index in [4.69, 9.17) is 10.00 Å². The van der Waals surface area contributed by atoms with Crippen LogP contribution in [-0.4, -0.2) is 58.1 Å². The SMILES string of the molecule is Cc1nc(C(=O)N2CCN(C(=O)OC(C)(C)C)CC2C)ccc1C#N. The van der Waals surface area contributed by atoms with Crippen LogP contribution in [0.4, 0.5) is 4.79 Å². The van der Waals surface area contributed by atoms with Crippen molar-refractivity contribution in [3.05, 3.63) is 29.1 Å². The highest BCUT2D eigenvalue weighted by molar-refractivity contribution is 5.93. The molecule has 7 heteroatoms. The van der Waals surface area contributed by atoms with Gasteiger partial charge in [-0.15, -0.1) is 0 Å². The molecule has 1 aliphatic rings. The van der Waals surface area contributed by atoms with E-state index in [0.717, 1.165) is 0 Å². The zero-order valence-corrected chi connectivity index (χ0v) is 15.4. The van der Waals surface area contributed by atoms with E-state index in [1.165, 1.54) is 0 Å². The summed E-state index contributed by atoms with van der Waals surface area (Å²) in [6.07, 6.45) is -0.362. The molecule has 1 unspecified atom stereocenters. The highest BCUT2D eigenvalue weighted by atomic mass is 16.6. The number of rotatable bonds is 1. The average molecular weight is 344 g/mol. The minimum absolute atomic E-state index is 0.147. The van der Waals surface area contributed by atoms with Gasteiger partial charge in [0.1, 0.15) is 17.4 Å². The Labute approximate surface area is 148 Å². The van der Waals surface area contributed by atoms with Crippen LogP contribution < -0.4 is 0 Å². The summed E-state index contributed by atoms with van der Waals surface area (Å²) in [5, 5.41) is 8.97. The van der Waals surface area contributed by atoms with E-state index < -0.39 is 5.60 Å². The highest BCUT2D eigenvalue weighted by Crippen LogP contribution is 2.17. The van der Waals surface area contributed by atoms with Crippen molar-refractivity contribution in [2.24, 2.45) is 0 Å². The summed E-state index contributed by atoms with van der Waals surface area (Å²) in [7, 11) is 0. The van der Waals surface area contributed by atoms with Crippen LogP contribution in [0, 0.1) is 18.3 Å². The van der Waals surface area contributed by atoms with Gasteiger partial charge in [0.05, 0.1) is 11.3 Å². The lowest BCUT2D eigenvalue weighted by atomic mass is 10.1. The number of nitrogens with zero attached hydrogens (tertiary/aromatic N) is 4. The van der Waals surface area contributed by atoms with E-state index in [2.05, 4.69) is 4.98 Å². The fraction of sp³-hybridized carbons (Fsp3) is 0.556. The summed E-state index contributed by atoms with van der Waals surface area (Å²) in [6, 6.07) is 5.07. The zero-order valence-electron chi connectivity index (χ0n) is 15.4. The number of aryl methyl sites for hydroxylation is 1. The first-order valence-corrected chi connectivity index (χ1v) is 8.29. The fourth-order valence-electron chi connectivity index (χ4n) is 2.70. The minimum Gasteiger partial charge on any atom is -0.444 e. The molecule has 0 N–H and O–H groups in total. The summed E-state index contributed by atoms with van der Waals surface area (Å²) >= 11 is 0. The Bertz CT molecular complexity index is 718. The lowest BCUT2D eigenvalue weighted by molar-refractivity contribution is 0.00606. The number of hydrogen-bond donors (Lipinski definition) is 0. The molecule has 1 fully saturated rings. The number of amides is 2. The van der Waals surface area contributed by atoms with Gasteiger partial charge < -0.3 is 14.5 Å². The Morgan fingerprint density at radius 1 is 1.32 bits per heavy atom. The van der Waals surface area contributed by atoms with Gasteiger partial charge in [0.15, 0.2) is 0 Å². The van der Waals surface area contributed by atoms with Gasteiger partial charge in [0, 0.05) is 25.7 Å². The van der Waals surface area contributed by atoms with Gasteiger partial charge in [-0.2, -0.15) is 5.26 Å². The van der Waals surface area contributed by atoms with Gasteiger partial charge >= 0.3 is 6.09 Å². The first-order valence-electron chi connectivity index (χ1n) is 8.29. The van der Waals surface area contributed by atoms with Crippen LogP contribution in [0.5, 0.6) is 0 Å². The lowest BCUT2D eigenvalue weighted by Crippen LogP contribution is -2.56. The summed E-state index contributed by atoms with van der Waals surface area (Å²) < 4.78 is 5.39. The van der Waals surface area contributed by atoms with Gasteiger partial charge in [-0.05, 0) is 46.8 Å². The van der Waals surface area contributed by atoms with Gasteiger partial charge in [0.25, 0.3) is 5.91 Å². The lowest BCUT2D eigenvalue weighted by Gasteiger charge is -2.40. The van der Waals surface area contributed by atoms with Crippen molar-refractivity contribution in [3.8, 4) is 6.07 Å². The molecule has 1 saturated heterocycles. The molecule has 7 nitrogen and oxygen atoms in total. The van der Waals surface area contributed by atoms with Gasteiger partial charge in [-0.3, -0.25) is 4.79 Å². The molecule has 1 aromatic rings. The molecule has 2 rings (SSSR count). The number of hydrogen-bond acceptors (Lipinski definition) is 5. The van der Waals surface area contributed by atoms with E-state index in [9.17, 15) is 9.59 Å². The predicted octanol–water partition coefficient (Wildman–Crippen LogP) is 2.34. The molecule has 2 heterocycles. The third kappa shape index (κ3) is 4.47. The molecule has 0 spiro atoms. The molecule has 1 atom stereocenters. The molecule has 1 aliphatic heterocycles. The molecule has 0 aromatic carbocycles. The second-order valence-electron chi connectivity index (χ2n) is 7.22. The standard InChI is InChI=1S/C18H24N4O3/c1-12-11-21(17(24)25-18(3,4)5)8-9-22(12)16(23)15-7-6-14(10-19)13(2)20-15/h6-7,12H,8-9,11H2,1-5H3. The molecule has 134 valence electrons. The van der Waals surface area contributed by atoms with E-state index in [1.807, 2.05) is 33.8 Å². The molecule has 0 bridgehead atoms. The molecule has 0 saturated carbocycles. The predicted molar refractivity (Wildman–Crippen MR) is 92.0 cm³/mol. The summed E-state index contributed by atoms with van der Waals surface area (Å²) in [4.78, 5) is 32.5. The normalized spacial score (nSPS) is 17.8. The number of nitriles is 1. The Balaban J connectivity index is 2.06. The quantitative estimate of drug-likeness (QED) is 0.780. The molecule has 2 amide bonds. The summed E-state index contributed by atoms with van der Waals surface area (Å²) in [6.45, 7) is 10.3. The van der Waals surface area contributed by atoms with Crippen molar-refractivity contribution < 1.29 is 14.3 Å². The first-order chi connectivity index (χ1) is 11.6. The van der Waals surface area contributed by atoms with Crippen LogP contribution in [-0.2, 0) is 4.74 Å². The second kappa shape index (κ2) is 7.09. The number of aromatic nitrogens is 1. The van der Waals surface area contributed by atoms with E-state index in [-0.39, 0.29) is 18.0 Å². The third-order valence-corrected chi connectivity index (χ3v) is 3.97. The average Bonchev–Trinajstić information content (AvgIpc) is 2.52. The number of carbonyl (C=O) groups excluding carboxylic acids is 2. The van der Waals surface area contributed by atoms with Gasteiger partial charge in [-0.1, -0.05) is 0 Å². The third-order valence-electron chi connectivity index (χ3n) is 3.97. The molecular formula is C18H24N4O3. The smallest absolute Gasteiger partial charge is 0.410 e. The van der Waals surface area contributed by atoms with Crippen molar-refractivity contribution >= 4 is 12.0 Å². The van der Waals surface area contributed by atoms with Crippen molar-refractivity contribution in [3.63, 3.8) is 0 Å². The maximum absolute atomic E-state index is 12.7. The number of ether oxygens (including phenoxy) is 1. The topological polar surface area (TPSA) is 86.5 Å². The Hall–Kier alpha value is -2.62. The zero-order chi connectivity index (χ0) is 18.8. The number of piperazine rings is 1. The van der Waals surface area contributed by atoms with Crippen LogP contribution in [0.25, 0.3) is 0 Å². The Morgan fingerprint density at radius 3 is 2.52 bits per heavy atom. The van der Waals surface area contributed by atoms with Gasteiger partial charge in [0.2, 0.25) is 0 Å². The largest absolute Gasteiger partial charge is 0.444 e. The summed E-state index contributed by atoms with van der Waals surface area (Å²) in [5.74, 6) is -0.191. The van der Waals surface area contributed by atoms with Crippen molar-refractivity contribution in [2.75, 3.05) is 19.6 Å². The van der Waals surface area contributed by atoms with E-state index in [1.54, 1.807) is 28.9 Å². The highest BCUT2D eigenvalue weighted by Gasteiger charge is 2.32. The van der Waals surface area contributed by atoms with Gasteiger partial charge in [-0.25, -0.2) is 9.78 Å². The van der Waals surface area contributed by atoms with Crippen molar-refractivity contribution in [2.45, 2.75) is 46.3 Å². The number of carbonyl (C=O) groups is 2. The maximum atomic E-state index is 12.7. The van der Waals surface area contributed by atoms with E-state index >= 15 is 0 Å². The van der Waals surface area contributed by atoms with Crippen LogP contribution in [0.3, 0.4) is 0 Å². The second-order valence-corrected chi connectivity index (χ2v) is 7.22. The van der Waals surface area contributed by atoms with Crippen LogP contribution >= 0.6 is 0 Å². The molecule has 25 heavy (non-hydrogen) atoms. The Kier molecular flexibility index (Phi) is 5.31. The minimum atomic E-state index is -0.544. The molecule has 0 aliphatic carbocycles.